The molecule has 1 aromatic rings. The van der Waals surface area contributed by atoms with E-state index in [-0.39, 0.29) is 10.6 Å². The van der Waals surface area contributed by atoms with Crippen LogP contribution < -0.4 is 0 Å². The average molecular weight is 219 g/mol. The zero-order chi connectivity index (χ0) is 10.9. The lowest BCUT2D eigenvalue weighted by atomic mass is 10.1. The third kappa shape index (κ3) is 2.02. The number of hydrogen-bond donors (Lipinski definition) is 2. The van der Waals surface area contributed by atoms with Crippen molar-refractivity contribution in [1.29, 1.82) is 0 Å². The number of carboxylic acids is 1. The molecule has 1 rings (SSSR count). The van der Waals surface area contributed by atoms with E-state index in [0.29, 0.717) is 5.56 Å². The highest BCUT2D eigenvalue weighted by Gasteiger charge is 2.21. The summed E-state index contributed by atoms with van der Waals surface area (Å²) in [5.41, 5.74) is 0.272. The molecular formula is C9H8ClFO3. The Balaban J connectivity index is 3.26. The van der Waals surface area contributed by atoms with Gasteiger partial charge >= 0.3 is 5.97 Å². The first-order chi connectivity index (χ1) is 6.43. The smallest absolute Gasteiger partial charge is 0.337 e. The van der Waals surface area contributed by atoms with Gasteiger partial charge in [-0.1, -0.05) is 11.6 Å². The molecule has 0 radical (unpaired) electrons. The first-order valence-electron chi connectivity index (χ1n) is 3.80. The highest BCUT2D eigenvalue weighted by Crippen LogP contribution is 2.25. The van der Waals surface area contributed by atoms with Crippen LogP contribution in [0.25, 0.3) is 0 Å². The van der Waals surface area contributed by atoms with Crippen LogP contribution in [0.15, 0.2) is 12.1 Å². The van der Waals surface area contributed by atoms with E-state index in [9.17, 15) is 9.18 Å². The van der Waals surface area contributed by atoms with Crippen molar-refractivity contribution in [3.63, 3.8) is 0 Å². The van der Waals surface area contributed by atoms with Crippen molar-refractivity contribution in [1.82, 2.24) is 0 Å². The molecule has 0 aliphatic heterocycles. The lowest BCUT2D eigenvalue weighted by Crippen LogP contribution is -2.12. The maximum Gasteiger partial charge on any atom is 0.337 e. The van der Waals surface area contributed by atoms with E-state index in [1.165, 1.54) is 12.1 Å². The first kappa shape index (κ1) is 10.9. The number of benzene rings is 1. The largest absolute Gasteiger partial charge is 0.479 e. The van der Waals surface area contributed by atoms with Gasteiger partial charge in [-0.05, 0) is 24.6 Å². The topological polar surface area (TPSA) is 57.5 Å². The van der Waals surface area contributed by atoms with Gasteiger partial charge in [-0.2, -0.15) is 0 Å². The van der Waals surface area contributed by atoms with Gasteiger partial charge in [0.2, 0.25) is 0 Å². The van der Waals surface area contributed by atoms with Crippen LogP contribution in [0.1, 0.15) is 17.2 Å². The number of carbonyl (C=O) groups is 1. The second-order valence-electron chi connectivity index (χ2n) is 2.89. The molecule has 14 heavy (non-hydrogen) atoms. The molecule has 1 atom stereocenters. The van der Waals surface area contributed by atoms with E-state index in [1.807, 2.05) is 0 Å². The molecule has 2 N–H and O–H groups in total. The zero-order valence-corrected chi connectivity index (χ0v) is 8.05. The maximum absolute atomic E-state index is 13.2. The molecule has 0 aliphatic rings. The fourth-order valence-electron chi connectivity index (χ4n) is 1.08. The summed E-state index contributed by atoms with van der Waals surface area (Å²) < 4.78 is 13.2. The summed E-state index contributed by atoms with van der Waals surface area (Å²) >= 11 is 5.49. The molecule has 0 fully saturated rings. The van der Waals surface area contributed by atoms with E-state index in [4.69, 9.17) is 21.8 Å². The second-order valence-corrected chi connectivity index (χ2v) is 3.30. The van der Waals surface area contributed by atoms with Crippen LogP contribution >= 0.6 is 11.6 Å². The van der Waals surface area contributed by atoms with Gasteiger partial charge in [0.15, 0.2) is 6.10 Å². The van der Waals surface area contributed by atoms with Gasteiger partial charge in [0.05, 0.1) is 5.02 Å². The van der Waals surface area contributed by atoms with Crippen molar-refractivity contribution in [3.05, 3.63) is 34.1 Å². The predicted molar refractivity (Wildman–Crippen MR) is 48.7 cm³/mol. The Morgan fingerprint density at radius 2 is 2.14 bits per heavy atom. The van der Waals surface area contributed by atoms with E-state index in [2.05, 4.69) is 0 Å². The van der Waals surface area contributed by atoms with Crippen LogP contribution in [-0.2, 0) is 4.79 Å². The normalized spacial score (nSPS) is 12.6. The van der Waals surface area contributed by atoms with Crippen LogP contribution in [0.4, 0.5) is 4.39 Å². The van der Waals surface area contributed by atoms with Crippen LogP contribution in [0.5, 0.6) is 0 Å². The van der Waals surface area contributed by atoms with E-state index < -0.39 is 17.9 Å². The third-order valence-corrected chi connectivity index (χ3v) is 2.00. The van der Waals surface area contributed by atoms with Gasteiger partial charge in [-0.3, -0.25) is 0 Å². The van der Waals surface area contributed by atoms with Crippen LogP contribution in [0, 0.1) is 12.7 Å². The minimum absolute atomic E-state index is 0.194. The van der Waals surface area contributed by atoms with Crippen LogP contribution in [0.3, 0.4) is 0 Å². The second kappa shape index (κ2) is 3.94. The molecule has 0 aromatic heterocycles. The minimum atomic E-state index is -1.88. The molecule has 0 bridgehead atoms. The highest BCUT2D eigenvalue weighted by atomic mass is 35.5. The Hall–Kier alpha value is -1.13. The van der Waals surface area contributed by atoms with Crippen molar-refractivity contribution in [2.24, 2.45) is 0 Å². The summed E-state index contributed by atoms with van der Waals surface area (Å²) in [6.07, 6.45) is -1.88. The molecule has 0 heterocycles. The summed E-state index contributed by atoms with van der Waals surface area (Å²) in [7, 11) is 0. The number of aliphatic hydroxyl groups excluding tert-OH is 1. The Morgan fingerprint density at radius 1 is 1.57 bits per heavy atom. The molecule has 0 saturated heterocycles. The quantitative estimate of drug-likeness (QED) is 0.797. The molecule has 1 unspecified atom stereocenters. The molecule has 0 aliphatic carbocycles. The number of aliphatic hydroxyl groups is 1. The van der Waals surface area contributed by atoms with Gasteiger partial charge in [0.1, 0.15) is 5.82 Å². The molecule has 3 nitrogen and oxygen atoms in total. The summed E-state index contributed by atoms with van der Waals surface area (Å²) in [6.45, 7) is 1.63. The number of aliphatic carboxylic acids is 1. The summed E-state index contributed by atoms with van der Waals surface area (Å²) in [5.74, 6) is -2.40. The average Bonchev–Trinajstić information content (AvgIpc) is 2.09. The standard InChI is InChI=1S/C9H8ClFO3/c1-4-2-5(8(12)9(13)14)7(11)6(10)3-4/h2-3,8,12H,1H3,(H,13,14). The minimum Gasteiger partial charge on any atom is -0.479 e. The molecule has 1 aromatic carbocycles. The Kier molecular flexibility index (Phi) is 3.08. The third-order valence-electron chi connectivity index (χ3n) is 1.73. The highest BCUT2D eigenvalue weighted by molar-refractivity contribution is 6.30. The van der Waals surface area contributed by atoms with Crippen molar-refractivity contribution < 1.29 is 19.4 Å². The van der Waals surface area contributed by atoms with Crippen LogP contribution in [-0.4, -0.2) is 16.2 Å². The van der Waals surface area contributed by atoms with Crippen molar-refractivity contribution >= 4 is 17.6 Å². The maximum atomic E-state index is 13.2. The molecule has 0 amide bonds. The van der Waals surface area contributed by atoms with Crippen molar-refractivity contribution in [2.45, 2.75) is 13.0 Å². The Bertz CT molecular complexity index is 379. The number of hydrogen-bond acceptors (Lipinski definition) is 2. The van der Waals surface area contributed by atoms with Gasteiger partial charge in [-0.25, -0.2) is 9.18 Å². The summed E-state index contributed by atoms with van der Waals surface area (Å²) in [5, 5.41) is 17.4. The number of aryl methyl sites for hydroxylation is 1. The van der Waals surface area contributed by atoms with Gasteiger partial charge in [0.25, 0.3) is 0 Å². The lowest BCUT2D eigenvalue weighted by molar-refractivity contribution is -0.147. The Morgan fingerprint density at radius 3 is 2.64 bits per heavy atom. The molecule has 0 spiro atoms. The predicted octanol–water partition coefficient (Wildman–Crippen LogP) is 1.91. The summed E-state index contributed by atoms with van der Waals surface area (Å²) in [4.78, 5) is 10.4. The fraction of sp³-hybridized carbons (Fsp3) is 0.222. The van der Waals surface area contributed by atoms with Crippen molar-refractivity contribution in [2.75, 3.05) is 0 Å². The molecular weight excluding hydrogens is 211 g/mol. The number of rotatable bonds is 2. The van der Waals surface area contributed by atoms with Crippen molar-refractivity contribution in [3.8, 4) is 0 Å². The first-order valence-corrected chi connectivity index (χ1v) is 4.17. The summed E-state index contributed by atoms with van der Waals surface area (Å²) in [6, 6.07) is 2.61. The lowest BCUT2D eigenvalue weighted by Gasteiger charge is -2.09. The van der Waals surface area contributed by atoms with Gasteiger partial charge in [0, 0.05) is 5.56 Å². The molecule has 0 saturated carbocycles. The van der Waals surface area contributed by atoms with E-state index >= 15 is 0 Å². The van der Waals surface area contributed by atoms with Crippen LogP contribution in [0.2, 0.25) is 5.02 Å². The molecule has 5 heteroatoms. The zero-order valence-electron chi connectivity index (χ0n) is 7.29. The monoisotopic (exact) mass is 218 g/mol. The number of halogens is 2. The molecule has 76 valence electrons. The fourth-order valence-corrected chi connectivity index (χ4v) is 1.36. The van der Waals surface area contributed by atoms with E-state index in [0.717, 1.165) is 0 Å². The SMILES string of the molecule is Cc1cc(Cl)c(F)c(C(O)C(=O)O)c1. The van der Waals surface area contributed by atoms with Gasteiger partial charge in [-0.15, -0.1) is 0 Å². The van der Waals surface area contributed by atoms with E-state index in [1.54, 1.807) is 6.92 Å². The number of carboxylic acid groups (broad SMARTS) is 1. The van der Waals surface area contributed by atoms with Gasteiger partial charge < -0.3 is 10.2 Å². The Labute approximate surface area is 84.7 Å².